The number of hydrogen-bond donors (Lipinski definition) is 1. The van der Waals surface area contributed by atoms with Crippen LogP contribution in [0.3, 0.4) is 0 Å². The zero-order valence-corrected chi connectivity index (χ0v) is 14.5. The van der Waals surface area contributed by atoms with E-state index in [4.69, 9.17) is 0 Å². The maximum atomic E-state index is 11.2. The van der Waals surface area contributed by atoms with E-state index in [0.29, 0.717) is 0 Å². The Morgan fingerprint density at radius 3 is 2.64 bits per heavy atom. The largest absolute Gasteiger partial charge is 0.481 e. The van der Waals surface area contributed by atoms with Crippen LogP contribution in [0.2, 0.25) is 0 Å². The van der Waals surface area contributed by atoms with Gasteiger partial charge in [-0.15, -0.1) is 11.3 Å². The molecule has 0 saturated carbocycles. The Morgan fingerprint density at radius 2 is 2.05 bits per heavy atom. The highest BCUT2D eigenvalue weighted by Crippen LogP contribution is 2.35. The van der Waals surface area contributed by atoms with E-state index in [2.05, 4.69) is 56.5 Å². The zero-order valence-electron chi connectivity index (χ0n) is 12.1. The van der Waals surface area contributed by atoms with Gasteiger partial charge in [0.1, 0.15) is 0 Å². The van der Waals surface area contributed by atoms with Gasteiger partial charge in [-0.3, -0.25) is 9.69 Å². The highest BCUT2D eigenvalue weighted by atomic mass is 79.9. The van der Waals surface area contributed by atoms with Crippen LogP contribution in [0, 0.1) is 5.92 Å². The first-order valence-corrected chi connectivity index (χ1v) is 9.08. The number of hydrogen-bond acceptors (Lipinski definition) is 3. The summed E-state index contributed by atoms with van der Waals surface area (Å²) in [6.45, 7) is 1.65. The monoisotopic (exact) mass is 379 g/mol. The van der Waals surface area contributed by atoms with Gasteiger partial charge in [-0.25, -0.2) is 0 Å². The van der Waals surface area contributed by atoms with Gasteiger partial charge in [-0.2, -0.15) is 0 Å². The van der Waals surface area contributed by atoms with E-state index in [0.717, 1.165) is 30.4 Å². The van der Waals surface area contributed by atoms with E-state index in [9.17, 15) is 9.90 Å². The first kappa shape index (κ1) is 15.7. The fourth-order valence-electron chi connectivity index (χ4n) is 3.08. The number of carboxylic acids is 1. The molecule has 3 rings (SSSR count). The third-order valence-corrected chi connectivity index (χ3v) is 5.64. The number of benzene rings is 1. The summed E-state index contributed by atoms with van der Waals surface area (Å²) in [6, 6.07) is 12.9. The van der Waals surface area contributed by atoms with Crippen molar-refractivity contribution in [1.82, 2.24) is 4.90 Å². The average Bonchev–Trinajstić information content (AvgIpc) is 3.02. The summed E-state index contributed by atoms with van der Waals surface area (Å²) >= 11 is 5.31. The lowest BCUT2D eigenvalue weighted by Crippen LogP contribution is -2.39. The van der Waals surface area contributed by atoms with Crippen LogP contribution in [0.4, 0.5) is 0 Å². The minimum absolute atomic E-state index is 0.192. The highest BCUT2D eigenvalue weighted by molar-refractivity contribution is 9.10. The predicted octanol–water partition coefficient (Wildman–Crippen LogP) is 4.40. The maximum absolute atomic E-state index is 11.2. The van der Waals surface area contributed by atoms with E-state index in [-0.39, 0.29) is 12.0 Å². The topological polar surface area (TPSA) is 40.5 Å². The number of aliphatic carboxylic acids is 1. The van der Waals surface area contributed by atoms with Crippen LogP contribution in [-0.4, -0.2) is 29.1 Å². The molecule has 0 amide bonds. The van der Waals surface area contributed by atoms with E-state index < -0.39 is 5.97 Å². The molecule has 1 aliphatic heterocycles. The van der Waals surface area contributed by atoms with Crippen molar-refractivity contribution in [2.75, 3.05) is 13.1 Å². The third-order valence-electron chi connectivity index (χ3n) is 4.22. The number of likely N-dealkylation sites (tertiary alicyclic amines) is 1. The Kier molecular flexibility index (Phi) is 4.96. The van der Waals surface area contributed by atoms with Crippen molar-refractivity contribution in [3.05, 3.63) is 56.7 Å². The van der Waals surface area contributed by atoms with Gasteiger partial charge in [0.2, 0.25) is 0 Å². The van der Waals surface area contributed by atoms with Crippen molar-refractivity contribution >= 4 is 33.2 Å². The molecule has 1 aromatic heterocycles. The summed E-state index contributed by atoms with van der Waals surface area (Å²) in [7, 11) is 0. The number of rotatable bonds is 4. The summed E-state index contributed by atoms with van der Waals surface area (Å²) < 4.78 is 1.08. The van der Waals surface area contributed by atoms with Crippen molar-refractivity contribution < 1.29 is 9.90 Å². The molecule has 0 aliphatic carbocycles. The second kappa shape index (κ2) is 6.94. The van der Waals surface area contributed by atoms with Crippen LogP contribution in [0.1, 0.15) is 29.3 Å². The Morgan fingerprint density at radius 1 is 1.27 bits per heavy atom. The first-order chi connectivity index (χ1) is 10.6. The minimum atomic E-state index is -0.658. The lowest BCUT2D eigenvalue weighted by Gasteiger charge is -2.36. The van der Waals surface area contributed by atoms with Gasteiger partial charge in [-0.1, -0.05) is 34.1 Å². The van der Waals surface area contributed by atoms with Crippen molar-refractivity contribution in [3.63, 3.8) is 0 Å². The molecule has 0 bridgehead atoms. The lowest BCUT2D eigenvalue weighted by atomic mass is 9.94. The molecular weight excluding hydrogens is 362 g/mol. The fourth-order valence-corrected chi connectivity index (χ4v) is 4.39. The van der Waals surface area contributed by atoms with Gasteiger partial charge in [0.25, 0.3) is 0 Å². The minimum Gasteiger partial charge on any atom is -0.481 e. The number of carboxylic acid groups (broad SMARTS) is 1. The van der Waals surface area contributed by atoms with Gasteiger partial charge in [0, 0.05) is 9.35 Å². The van der Waals surface area contributed by atoms with E-state index in [1.54, 1.807) is 11.3 Å². The number of halogens is 1. The summed E-state index contributed by atoms with van der Waals surface area (Å²) in [6.07, 6.45) is 1.45. The molecule has 1 atom stereocenters. The van der Waals surface area contributed by atoms with Crippen molar-refractivity contribution in [2.45, 2.75) is 18.9 Å². The standard InChI is InChI=1S/C17H18BrNO2S/c18-14-4-1-3-13(11-14)16(15-5-2-10-22-15)19-8-6-12(7-9-19)17(20)21/h1-5,10-12,16H,6-9H2,(H,20,21). The molecule has 3 nitrogen and oxygen atoms in total. The molecule has 5 heteroatoms. The Bertz CT molecular complexity index is 636. The number of piperidine rings is 1. The summed E-state index contributed by atoms with van der Waals surface area (Å²) in [5.41, 5.74) is 1.26. The van der Waals surface area contributed by atoms with E-state index in [1.807, 2.05) is 6.07 Å². The molecule has 2 heterocycles. The Labute approximate surface area is 142 Å². The van der Waals surface area contributed by atoms with Gasteiger partial charge in [0.05, 0.1) is 12.0 Å². The van der Waals surface area contributed by atoms with Gasteiger partial charge >= 0.3 is 5.97 Å². The fraction of sp³-hybridized carbons (Fsp3) is 0.353. The van der Waals surface area contributed by atoms with Crippen molar-refractivity contribution in [1.29, 1.82) is 0 Å². The summed E-state index contributed by atoms with van der Waals surface area (Å²) in [5.74, 6) is -0.850. The van der Waals surface area contributed by atoms with E-state index in [1.165, 1.54) is 10.4 Å². The second-order valence-corrected chi connectivity index (χ2v) is 7.52. The summed E-state index contributed by atoms with van der Waals surface area (Å²) in [5, 5.41) is 11.3. The molecular formula is C17H18BrNO2S. The lowest BCUT2D eigenvalue weighted by molar-refractivity contribution is -0.143. The normalized spacial score (nSPS) is 18.2. The number of carbonyl (C=O) groups is 1. The van der Waals surface area contributed by atoms with Gasteiger partial charge in [0.15, 0.2) is 0 Å². The maximum Gasteiger partial charge on any atom is 0.306 e. The number of thiophene rings is 1. The third kappa shape index (κ3) is 3.42. The Hall–Kier alpha value is -1.17. The van der Waals surface area contributed by atoms with Crippen LogP contribution in [0.25, 0.3) is 0 Å². The molecule has 0 radical (unpaired) electrons. The quantitative estimate of drug-likeness (QED) is 0.855. The molecule has 1 aromatic carbocycles. The molecule has 1 saturated heterocycles. The predicted molar refractivity (Wildman–Crippen MR) is 92.2 cm³/mol. The molecule has 1 N–H and O–H groups in total. The smallest absolute Gasteiger partial charge is 0.306 e. The zero-order chi connectivity index (χ0) is 15.5. The molecule has 2 aromatic rings. The van der Waals surface area contributed by atoms with Crippen LogP contribution < -0.4 is 0 Å². The molecule has 1 fully saturated rings. The van der Waals surface area contributed by atoms with Crippen molar-refractivity contribution in [3.8, 4) is 0 Å². The van der Waals surface area contributed by atoms with E-state index >= 15 is 0 Å². The molecule has 1 unspecified atom stereocenters. The van der Waals surface area contributed by atoms with Gasteiger partial charge in [-0.05, 0) is 55.1 Å². The SMILES string of the molecule is O=C(O)C1CCN(C(c2cccc(Br)c2)c2cccs2)CC1. The van der Waals surface area contributed by atoms with Gasteiger partial charge < -0.3 is 5.11 Å². The van der Waals surface area contributed by atoms with Crippen LogP contribution in [0.5, 0.6) is 0 Å². The molecule has 116 valence electrons. The van der Waals surface area contributed by atoms with Crippen LogP contribution in [-0.2, 0) is 4.79 Å². The molecule has 0 spiro atoms. The Balaban J connectivity index is 1.86. The average molecular weight is 380 g/mol. The molecule has 1 aliphatic rings. The van der Waals surface area contributed by atoms with Crippen LogP contribution in [0.15, 0.2) is 46.3 Å². The number of nitrogens with zero attached hydrogens (tertiary/aromatic N) is 1. The van der Waals surface area contributed by atoms with Crippen LogP contribution >= 0.6 is 27.3 Å². The molecule has 22 heavy (non-hydrogen) atoms. The summed E-state index contributed by atoms with van der Waals surface area (Å²) in [4.78, 5) is 14.9. The first-order valence-electron chi connectivity index (χ1n) is 7.41. The van der Waals surface area contributed by atoms with Crippen molar-refractivity contribution in [2.24, 2.45) is 5.92 Å². The highest BCUT2D eigenvalue weighted by Gasteiger charge is 2.30. The second-order valence-electron chi connectivity index (χ2n) is 5.62.